The highest BCUT2D eigenvalue weighted by atomic mass is 32.2. The Morgan fingerprint density at radius 3 is 3.18 bits per heavy atom. The molecule has 88 valence electrons. The molecule has 0 aliphatic heterocycles. The molecular weight excluding hydrogens is 234 g/mol. The van der Waals surface area contributed by atoms with Crippen molar-refractivity contribution in [2.75, 3.05) is 12.3 Å². The molecule has 0 amide bonds. The molecule has 17 heavy (non-hydrogen) atoms. The SMILES string of the molecule is CCNC(C#N)CSc1nnc2ccccn12. The Labute approximate surface area is 104 Å². The molecule has 1 atom stereocenters. The monoisotopic (exact) mass is 247 g/mol. The lowest BCUT2D eigenvalue weighted by Crippen LogP contribution is -2.29. The first kappa shape index (κ1) is 11.9. The maximum Gasteiger partial charge on any atom is 0.195 e. The molecule has 0 aliphatic rings. The van der Waals surface area contributed by atoms with E-state index in [4.69, 9.17) is 5.26 Å². The van der Waals surface area contributed by atoms with E-state index in [-0.39, 0.29) is 6.04 Å². The molecule has 0 aliphatic carbocycles. The third kappa shape index (κ3) is 2.75. The van der Waals surface area contributed by atoms with Crippen LogP contribution in [-0.4, -0.2) is 32.9 Å². The van der Waals surface area contributed by atoms with Crippen LogP contribution in [0.1, 0.15) is 6.92 Å². The van der Waals surface area contributed by atoms with Crippen molar-refractivity contribution in [3.63, 3.8) is 0 Å². The van der Waals surface area contributed by atoms with Crippen molar-refractivity contribution in [1.29, 1.82) is 5.26 Å². The predicted octanol–water partition coefficient (Wildman–Crippen LogP) is 1.32. The number of thioether (sulfide) groups is 1. The predicted molar refractivity (Wildman–Crippen MR) is 66.8 cm³/mol. The minimum Gasteiger partial charge on any atom is -0.302 e. The van der Waals surface area contributed by atoms with E-state index in [1.54, 1.807) is 0 Å². The minimum absolute atomic E-state index is 0.152. The van der Waals surface area contributed by atoms with Gasteiger partial charge >= 0.3 is 0 Å². The molecule has 2 aromatic heterocycles. The third-order valence-corrected chi connectivity index (χ3v) is 3.30. The van der Waals surface area contributed by atoms with Crippen molar-refractivity contribution in [3.8, 4) is 6.07 Å². The lowest BCUT2D eigenvalue weighted by molar-refractivity contribution is 0.676. The molecule has 2 aromatic rings. The maximum atomic E-state index is 8.93. The van der Waals surface area contributed by atoms with Crippen molar-refractivity contribution in [2.24, 2.45) is 0 Å². The zero-order valence-electron chi connectivity index (χ0n) is 9.50. The van der Waals surface area contributed by atoms with Gasteiger partial charge < -0.3 is 5.32 Å². The Morgan fingerprint density at radius 2 is 2.41 bits per heavy atom. The molecule has 5 nitrogen and oxygen atoms in total. The van der Waals surface area contributed by atoms with E-state index in [9.17, 15) is 0 Å². The third-order valence-electron chi connectivity index (χ3n) is 2.27. The molecule has 0 saturated carbocycles. The van der Waals surface area contributed by atoms with E-state index >= 15 is 0 Å². The van der Waals surface area contributed by atoms with Crippen LogP contribution in [0.3, 0.4) is 0 Å². The van der Waals surface area contributed by atoms with Crippen LogP contribution in [0.25, 0.3) is 5.65 Å². The van der Waals surface area contributed by atoms with Crippen LogP contribution in [0.2, 0.25) is 0 Å². The highest BCUT2D eigenvalue weighted by molar-refractivity contribution is 7.99. The first-order valence-corrected chi connectivity index (χ1v) is 6.39. The molecule has 2 rings (SSSR count). The highest BCUT2D eigenvalue weighted by Gasteiger charge is 2.10. The lowest BCUT2D eigenvalue weighted by atomic mass is 10.4. The van der Waals surface area contributed by atoms with Crippen molar-refractivity contribution in [1.82, 2.24) is 19.9 Å². The standard InChI is InChI=1S/C11H13N5S/c1-2-13-9(7-12)8-17-11-15-14-10-5-3-4-6-16(10)11/h3-6,9,13H,2,8H2,1H3. The summed E-state index contributed by atoms with van der Waals surface area (Å²) in [6, 6.07) is 7.84. The second kappa shape index (κ2) is 5.66. The van der Waals surface area contributed by atoms with E-state index < -0.39 is 0 Å². The van der Waals surface area contributed by atoms with Crippen molar-refractivity contribution >= 4 is 17.4 Å². The van der Waals surface area contributed by atoms with E-state index in [0.717, 1.165) is 17.3 Å². The first-order valence-electron chi connectivity index (χ1n) is 5.40. The van der Waals surface area contributed by atoms with Gasteiger partial charge in [0.05, 0.1) is 6.07 Å². The van der Waals surface area contributed by atoms with Gasteiger partial charge in [-0.25, -0.2) is 0 Å². The normalized spacial score (nSPS) is 12.5. The molecule has 0 saturated heterocycles. The fourth-order valence-electron chi connectivity index (χ4n) is 1.46. The van der Waals surface area contributed by atoms with Gasteiger partial charge in [0.15, 0.2) is 10.8 Å². The van der Waals surface area contributed by atoms with Crippen molar-refractivity contribution in [3.05, 3.63) is 24.4 Å². The Balaban J connectivity index is 2.06. The summed E-state index contributed by atoms with van der Waals surface area (Å²) in [5.41, 5.74) is 0.826. The Kier molecular flexibility index (Phi) is 3.96. The molecule has 0 fully saturated rings. The number of rotatable bonds is 5. The molecule has 0 aromatic carbocycles. The summed E-state index contributed by atoms with van der Waals surface area (Å²) >= 11 is 1.53. The summed E-state index contributed by atoms with van der Waals surface area (Å²) < 4.78 is 1.92. The van der Waals surface area contributed by atoms with Gasteiger partial charge in [-0.1, -0.05) is 24.8 Å². The van der Waals surface area contributed by atoms with Gasteiger partial charge in [-0.15, -0.1) is 10.2 Å². The average Bonchev–Trinajstić information content (AvgIpc) is 2.78. The topological polar surface area (TPSA) is 66.0 Å². The summed E-state index contributed by atoms with van der Waals surface area (Å²) in [7, 11) is 0. The molecule has 0 spiro atoms. The van der Waals surface area contributed by atoms with Gasteiger partial charge in [-0.2, -0.15) is 5.26 Å². The molecule has 0 radical (unpaired) electrons. The van der Waals surface area contributed by atoms with Gasteiger partial charge in [-0.05, 0) is 18.7 Å². The lowest BCUT2D eigenvalue weighted by Gasteiger charge is -2.07. The van der Waals surface area contributed by atoms with Gasteiger partial charge in [0.25, 0.3) is 0 Å². The number of hydrogen-bond acceptors (Lipinski definition) is 5. The highest BCUT2D eigenvalue weighted by Crippen LogP contribution is 2.17. The van der Waals surface area contributed by atoms with Crippen LogP contribution >= 0.6 is 11.8 Å². The van der Waals surface area contributed by atoms with Crippen LogP contribution in [0.15, 0.2) is 29.6 Å². The van der Waals surface area contributed by atoms with Crippen molar-refractivity contribution in [2.45, 2.75) is 18.1 Å². The molecule has 1 N–H and O–H groups in total. The maximum absolute atomic E-state index is 8.93. The van der Waals surface area contributed by atoms with E-state index in [0.29, 0.717) is 5.75 Å². The van der Waals surface area contributed by atoms with Gasteiger partial charge in [0.1, 0.15) is 6.04 Å². The van der Waals surface area contributed by atoms with E-state index in [2.05, 4.69) is 21.6 Å². The number of nitrogens with one attached hydrogen (secondary N) is 1. The number of fused-ring (bicyclic) bond motifs is 1. The van der Waals surface area contributed by atoms with Crippen LogP contribution in [-0.2, 0) is 0 Å². The van der Waals surface area contributed by atoms with Crippen LogP contribution in [0.5, 0.6) is 0 Å². The number of nitrogens with zero attached hydrogens (tertiary/aromatic N) is 4. The van der Waals surface area contributed by atoms with E-state index in [1.165, 1.54) is 11.8 Å². The van der Waals surface area contributed by atoms with Gasteiger partial charge in [0.2, 0.25) is 0 Å². The molecule has 0 bridgehead atoms. The zero-order chi connectivity index (χ0) is 12.1. The Hall–Kier alpha value is -1.58. The number of pyridine rings is 1. The second-order valence-electron chi connectivity index (χ2n) is 3.46. The summed E-state index contributed by atoms with van der Waals surface area (Å²) in [4.78, 5) is 0. The van der Waals surface area contributed by atoms with Crippen LogP contribution < -0.4 is 5.32 Å². The quantitative estimate of drug-likeness (QED) is 0.807. The largest absolute Gasteiger partial charge is 0.302 e. The number of nitriles is 1. The molecule has 6 heteroatoms. The van der Waals surface area contributed by atoms with Gasteiger partial charge in [0, 0.05) is 11.9 Å². The molecule has 1 unspecified atom stereocenters. The van der Waals surface area contributed by atoms with Crippen LogP contribution in [0.4, 0.5) is 0 Å². The van der Waals surface area contributed by atoms with Gasteiger partial charge in [-0.3, -0.25) is 4.40 Å². The first-order chi connectivity index (χ1) is 8.35. The summed E-state index contributed by atoms with van der Waals surface area (Å²) in [6.07, 6.45) is 1.92. The smallest absolute Gasteiger partial charge is 0.195 e. The number of hydrogen-bond donors (Lipinski definition) is 1. The van der Waals surface area contributed by atoms with Crippen LogP contribution in [0, 0.1) is 11.3 Å². The summed E-state index contributed by atoms with van der Waals surface area (Å²) in [5.74, 6) is 0.667. The number of aromatic nitrogens is 3. The minimum atomic E-state index is -0.152. The summed E-state index contributed by atoms with van der Waals surface area (Å²) in [5, 5.41) is 21.0. The Morgan fingerprint density at radius 1 is 1.53 bits per heavy atom. The summed E-state index contributed by atoms with van der Waals surface area (Å²) in [6.45, 7) is 2.78. The fourth-order valence-corrected chi connectivity index (χ4v) is 2.36. The molecule has 2 heterocycles. The van der Waals surface area contributed by atoms with E-state index in [1.807, 2.05) is 35.7 Å². The molecular formula is C11H13N5S. The van der Waals surface area contributed by atoms with Crippen molar-refractivity contribution < 1.29 is 0 Å². The second-order valence-corrected chi connectivity index (χ2v) is 4.45. The Bertz CT molecular complexity index is 530. The zero-order valence-corrected chi connectivity index (χ0v) is 10.3. The average molecular weight is 247 g/mol. The fraction of sp³-hybridized carbons (Fsp3) is 0.364.